The lowest BCUT2D eigenvalue weighted by Crippen LogP contribution is -2.14. The van der Waals surface area contributed by atoms with E-state index in [-0.39, 0.29) is 5.41 Å². The Morgan fingerprint density at radius 3 is 1.65 bits per heavy atom. The average molecular weight is 793 g/mol. The number of aromatic nitrogens is 2. The Hall–Kier alpha value is -7.88. The molecule has 3 heteroatoms. The molecule has 1 aliphatic heterocycles. The Morgan fingerprint density at radius 2 is 0.887 bits per heavy atom. The van der Waals surface area contributed by atoms with Gasteiger partial charge in [0.15, 0.2) is 5.82 Å². The van der Waals surface area contributed by atoms with Gasteiger partial charge in [0.05, 0.1) is 11.4 Å². The van der Waals surface area contributed by atoms with Crippen LogP contribution in [0.2, 0.25) is 0 Å². The Balaban J connectivity index is 1.04. The van der Waals surface area contributed by atoms with Crippen LogP contribution >= 0.6 is 0 Å². The van der Waals surface area contributed by atoms with E-state index < -0.39 is 0 Å². The maximum Gasteiger partial charge on any atom is 0.160 e. The van der Waals surface area contributed by atoms with Gasteiger partial charge in [-0.15, -0.1) is 0 Å². The number of fused-ring (bicyclic) bond motifs is 5. The van der Waals surface area contributed by atoms with Gasteiger partial charge in [-0.25, -0.2) is 9.97 Å². The largest absolute Gasteiger partial charge is 0.456 e. The zero-order valence-electron chi connectivity index (χ0n) is 34.4. The quantitative estimate of drug-likeness (QED) is 0.168. The van der Waals surface area contributed by atoms with Crippen molar-refractivity contribution < 1.29 is 4.74 Å². The van der Waals surface area contributed by atoms with Gasteiger partial charge in [-0.2, -0.15) is 0 Å². The molecule has 0 bridgehead atoms. The van der Waals surface area contributed by atoms with Crippen molar-refractivity contribution in [3.8, 4) is 101 Å². The van der Waals surface area contributed by atoms with Gasteiger partial charge in [0.25, 0.3) is 0 Å². The number of benzene rings is 9. The molecule has 9 aromatic carbocycles. The van der Waals surface area contributed by atoms with Gasteiger partial charge in [-0.1, -0.05) is 172 Å². The Labute approximate surface area is 361 Å². The van der Waals surface area contributed by atoms with Crippen molar-refractivity contribution in [2.45, 2.75) is 19.3 Å². The highest BCUT2D eigenvalue weighted by atomic mass is 16.5. The summed E-state index contributed by atoms with van der Waals surface area (Å²) in [6.45, 7) is 4.68. The highest BCUT2D eigenvalue weighted by Gasteiger charge is 2.35. The molecule has 1 aromatic heterocycles. The number of rotatable bonds is 6. The molecule has 2 aliphatic rings. The second kappa shape index (κ2) is 14.1. The first-order valence-corrected chi connectivity index (χ1v) is 21.3. The molecule has 2 heterocycles. The number of ether oxygens (including phenoxy) is 1. The molecule has 10 aromatic rings. The summed E-state index contributed by atoms with van der Waals surface area (Å²) in [5.74, 6) is 2.43. The normalized spacial score (nSPS) is 12.9. The van der Waals surface area contributed by atoms with Crippen molar-refractivity contribution in [2.24, 2.45) is 0 Å². The SMILES string of the molecule is CC1(C)c2ccccc2-c2ccc(-c3cc(-c4ccc5c(c4)Oc4cccc6cccc-5c46)cc(-c4cc(-c5ccc(-c6ccccc6)cc5)nc(-c5ccccc5)n4)c3)cc21. The lowest BCUT2D eigenvalue weighted by atomic mass is 9.81. The molecule has 0 N–H and O–H groups in total. The predicted molar refractivity (Wildman–Crippen MR) is 255 cm³/mol. The molecule has 0 atom stereocenters. The second-order valence-corrected chi connectivity index (χ2v) is 17.0. The fourth-order valence-electron chi connectivity index (χ4n) is 9.66. The lowest BCUT2D eigenvalue weighted by Gasteiger charge is -2.22. The summed E-state index contributed by atoms with van der Waals surface area (Å²) < 4.78 is 6.69. The lowest BCUT2D eigenvalue weighted by molar-refractivity contribution is 0.487. The molecule has 292 valence electrons. The van der Waals surface area contributed by atoms with Gasteiger partial charge < -0.3 is 4.74 Å². The molecule has 62 heavy (non-hydrogen) atoms. The van der Waals surface area contributed by atoms with Gasteiger partial charge in [0.1, 0.15) is 11.5 Å². The van der Waals surface area contributed by atoms with Crippen molar-refractivity contribution in [3.63, 3.8) is 0 Å². The van der Waals surface area contributed by atoms with Gasteiger partial charge >= 0.3 is 0 Å². The molecule has 0 saturated carbocycles. The molecule has 1 aliphatic carbocycles. The summed E-state index contributed by atoms with van der Waals surface area (Å²) in [6, 6.07) is 73.7. The molecular weight excluding hydrogens is 753 g/mol. The summed E-state index contributed by atoms with van der Waals surface area (Å²) in [7, 11) is 0. The van der Waals surface area contributed by atoms with Crippen molar-refractivity contribution in [1.82, 2.24) is 9.97 Å². The van der Waals surface area contributed by atoms with Crippen LogP contribution in [-0.2, 0) is 5.41 Å². The van der Waals surface area contributed by atoms with Crippen LogP contribution in [0.3, 0.4) is 0 Å². The molecule has 0 spiro atoms. The van der Waals surface area contributed by atoms with Gasteiger partial charge in [0, 0.05) is 33.1 Å². The standard InChI is InChI=1S/C59H40N2O/c1-59(2)51-21-10-9-19-47(51)48-29-27-42(34-52(48)59)44-31-45(43-28-30-49-50-20-11-17-40-18-12-22-55(57(40)50)62-56(49)35-43)33-46(32-44)54-36-53(60-58(61-54)41-15-7-4-8-16-41)39-25-23-38(24-26-39)37-13-5-3-6-14-37/h3-36H,1-2H3. The van der Waals surface area contributed by atoms with E-state index in [1.807, 2.05) is 18.2 Å². The zero-order valence-corrected chi connectivity index (χ0v) is 34.4. The van der Waals surface area contributed by atoms with Crippen LogP contribution in [0.5, 0.6) is 11.5 Å². The minimum Gasteiger partial charge on any atom is -0.456 e. The molecular formula is C59H40N2O. The van der Waals surface area contributed by atoms with Crippen LogP contribution in [0.15, 0.2) is 206 Å². The molecule has 0 saturated heterocycles. The van der Waals surface area contributed by atoms with Crippen LogP contribution in [0, 0.1) is 0 Å². The third kappa shape index (κ3) is 5.96. The van der Waals surface area contributed by atoms with Crippen LogP contribution in [-0.4, -0.2) is 9.97 Å². The Bertz CT molecular complexity index is 3380. The molecule has 0 amide bonds. The second-order valence-electron chi connectivity index (χ2n) is 17.0. The Morgan fingerprint density at radius 1 is 0.339 bits per heavy atom. The topological polar surface area (TPSA) is 35.0 Å². The average Bonchev–Trinajstić information content (AvgIpc) is 3.57. The zero-order chi connectivity index (χ0) is 41.4. The minimum atomic E-state index is -0.125. The van der Waals surface area contributed by atoms with E-state index in [0.29, 0.717) is 5.82 Å². The third-order valence-corrected chi connectivity index (χ3v) is 12.9. The number of hydrogen-bond acceptors (Lipinski definition) is 3. The van der Waals surface area contributed by atoms with E-state index in [9.17, 15) is 0 Å². The van der Waals surface area contributed by atoms with E-state index in [2.05, 4.69) is 202 Å². The van der Waals surface area contributed by atoms with E-state index in [0.717, 1.165) is 72.8 Å². The summed E-state index contributed by atoms with van der Waals surface area (Å²) >= 11 is 0. The van der Waals surface area contributed by atoms with Crippen molar-refractivity contribution in [2.75, 3.05) is 0 Å². The number of nitrogens with zero attached hydrogens (tertiary/aromatic N) is 2. The highest BCUT2D eigenvalue weighted by Crippen LogP contribution is 2.51. The first-order valence-electron chi connectivity index (χ1n) is 21.3. The van der Waals surface area contributed by atoms with Crippen molar-refractivity contribution >= 4 is 10.8 Å². The first-order chi connectivity index (χ1) is 30.4. The minimum absolute atomic E-state index is 0.125. The van der Waals surface area contributed by atoms with Crippen molar-refractivity contribution in [3.05, 3.63) is 217 Å². The predicted octanol–water partition coefficient (Wildman–Crippen LogP) is 15.7. The highest BCUT2D eigenvalue weighted by molar-refractivity contribution is 6.04. The maximum absolute atomic E-state index is 6.69. The molecule has 0 unspecified atom stereocenters. The summed E-state index contributed by atoms with van der Waals surface area (Å²) in [5.41, 5.74) is 19.0. The fourth-order valence-corrected chi connectivity index (χ4v) is 9.66. The maximum atomic E-state index is 6.69. The van der Waals surface area contributed by atoms with E-state index >= 15 is 0 Å². The van der Waals surface area contributed by atoms with Crippen LogP contribution in [0.4, 0.5) is 0 Å². The van der Waals surface area contributed by atoms with Crippen LogP contribution < -0.4 is 4.74 Å². The van der Waals surface area contributed by atoms with E-state index in [1.54, 1.807) is 0 Å². The summed E-state index contributed by atoms with van der Waals surface area (Å²) in [5, 5.41) is 2.34. The van der Waals surface area contributed by atoms with Crippen LogP contribution in [0.25, 0.3) is 100 Å². The summed E-state index contributed by atoms with van der Waals surface area (Å²) in [4.78, 5) is 10.5. The van der Waals surface area contributed by atoms with Gasteiger partial charge in [0.2, 0.25) is 0 Å². The van der Waals surface area contributed by atoms with E-state index in [1.165, 1.54) is 44.3 Å². The smallest absolute Gasteiger partial charge is 0.160 e. The molecule has 0 fully saturated rings. The van der Waals surface area contributed by atoms with Gasteiger partial charge in [-0.05, 0) is 115 Å². The summed E-state index contributed by atoms with van der Waals surface area (Å²) in [6.07, 6.45) is 0. The third-order valence-electron chi connectivity index (χ3n) is 12.9. The number of hydrogen-bond donors (Lipinski definition) is 0. The molecule has 12 rings (SSSR count). The van der Waals surface area contributed by atoms with Gasteiger partial charge in [-0.3, -0.25) is 0 Å². The Kier molecular flexibility index (Phi) is 8.20. The van der Waals surface area contributed by atoms with Crippen LogP contribution in [0.1, 0.15) is 25.0 Å². The monoisotopic (exact) mass is 792 g/mol. The van der Waals surface area contributed by atoms with E-state index in [4.69, 9.17) is 14.7 Å². The molecule has 3 nitrogen and oxygen atoms in total. The van der Waals surface area contributed by atoms with Crippen molar-refractivity contribution in [1.29, 1.82) is 0 Å². The fraction of sp³-hybridized carbons (Fsp3) is 0.0508. The molecule has 0 radical (unpaired) electrons. The first kappa shape index (κ1) is 36.0.